The molecule has 0 spiro atoms. The van der Waals surface area contributed by atoms with Crippen LogP contribution in [0.4, 0.5) is 0 Å². The van der Waals surface area contributed by atoms with Crippen LogP contribution in [0.3, 0.4) is 0 Å². The van der Waals surface area contributed by atoms with Gasteiger partial charge in [-0.1, -0.05) is 18.8 Å². The van der Waals surface area contributed by atoms with Crippen molar-refractivity contribution in [3.8, 4) is 17.6 Å². The van der Waals surface area contributed by atoms with Crippen LogP contribution in [0, 0.1) is 23.7 Å². The fourth-order valence-electron chi connectivity index (χ4n) is 3.83. The van der Waals surface area contributed by atoms with Crippen LogP contribution in [0.25, 0.3) is 0 Å². The highest BCUT2D eigenvalue weighted by molar-refractivity contribution is 7.89. The Morgan fingerprint density at radius 1 is 1.39 bits per heavy atom. The molecule has 0 bridgehead atoms. The van der Waals surface area contributed by atoms with E-state index in [0.29, 0.717) is 24.4 Å². The van der Waals surface area contributed by atoms with Crippen molar-refractivity contribution in [1.29, 1.82) is 0 Å². The Labute approximate surface area is 196 Å². The third kappa shape index (κ3) is 6.27. The molecule has 3 atom stereocenters. The predicted molar refractivity (Wildman–Crippen MR) is 124 cm³/mol. The number of aliphatic hydroxyl groups is 1. The third-order valence-corrected chi connectivity index (χ3v) is 8.18. The summed E-state index contributed by atoms with van der Waals surface area (Å²) in [5.41, 5.74) is 0.605. The number of carbonyl (C=O) groups is 1. The average molecular weight is 479 g/mol. The molecule has 1 aromatic carbocycles. The van der Waals surface area contributed by atoms with E-state index in [2.05, 4.69) is 11.8 Å². The van der Waals surface area contributed by atoms with Crippen LogP contribution in [-0.4, -0.2) is 81.2 Å². The van der Waals surface area contributed by atoms with E-state index in [1.807, 2.05) is 6.92 Å². The summed E-state index contributed by atoms with van der Waals surface area (Å²) in [4.78, 5) is 14.3. The zero-order valence-corrected chi connectivity index (χ0v) is 20.6. The first kappa shape index (κ1) is 25.5. The van der Waals surface area contributed by atoms with Gasteiger partial charge in [0.05, 0.1) is 13.2 Å². The molecule has 1 aromatic rings. The molecule has 3 rings (SSSR count). The number of rotatable bonds is 7. The molecule has 1 fully saturated rings. The number of amides is 1. The van der Waals surface area contributed by atoms with Crippen molar-refractivity contribution >= 4 is 15.9 Å². The van der Waals surface area contributed by atoms with Gasteiger partial charge in [0.2, 0.25) is 15.9 Å². The molecule has 0 unspecified atom stereocenters. The lowest BCUT2D eigenvalue weighted by Gasteiger charge is -2.37. The molecular weight excluding hydrogens is 444 g/mol. The minimum absolute atomic E-state index is 0.0314. The number of fused-ring (bicyclic) bond motifs is 1. The van der Waals surface area contributed by atoms with Crippen molar-refractivity contribution in [2.45, 2.75) is 50.2 Å². The van der Waals surface area contributed by atoms with Gasteiger partial charge in [-0.05, 0) is 43.9 Å². The van der Waals surface area contributed by atoms with Crippen molar-refractivity contribution in [2.75, 3.05) is 40.5 Å². The summed E-state index contributed by atoms with van der Waals surface area (Å²) in [6.07, 6.45) is 2.31. The normalized spacial score (nSPS) is 23.2. The number of sulfonamides is 1. The quantitative estimate of drug-likeness (QED) is 0.600. The Hall–Kier alpha value is -2.12. The fourth-order valence-corrected chi connectivity index (χ4v) is 5.65. The highest BCUT2D eigenvalue weighted by Gasteiger charge is 2.38. The van der Waals surface area contributed by atoms with Crippen molar-refractivity contribution in [2.24, 2.45) is 11.8 Å². The summed E-state index contributed by atoms with van der Waals surface area (Å²) in [6.45, 7) is 4.06. The molecule has 182 valence electrons. The Balaban J connectivity index is 1.97. The number of hydrogen-bond donors (Lipinski definition) is 1. The SMILES string of the molecule is COCC#Cc1ccc2c(c1)O[C@H](CN(C)C(=O)CC1CC1)[C@H](C)CN([C@H](C)CO)S2(=O)=O. The van der Waals surface area contributed by atoms with Crippen molar-refractivity contribution < 1.29 is 27.8 Å². The molecule has 9 heteroatoms. The van der Waals surface area contributed by atoms with Gasteiger partial charge in [0.15, 0.2) is 0 Å². The van der Waals surface area contributed by atoms with E-state index < -0.39 is 22.2 Å². The standard InChI is InChI=1S/C24H34N2O6S/c1-17-14-26(18(2)16-27)33(29,30)23-10-9-19(6-5-11-31-4)12-21(23)32-22(17)15-25(3)24(28)13-20-7-8-20/h9-10,12,17-18,20,22,27H,7-8,11,13-16H2,1-4H3/t17-,18-,22-/m1/s1. The number of ether oxygens (including phenoxy) is 2. The van der Waals surface area contributed by atoms with Gasteiger partial charge in [0.1, 0.15) is 23.4 Å². The van der Waals surface area contributed by atoms with Crippen LogP contribution in [0.15, 0.2) is 23.1 Å². The van der Waals surface area contributed by atoms with E-state index in [-0.39, 0.29) is 42.2 Å². The average Bonchev–Trinajstić information content (AvgIpc) is 3.59. The molecule has 0 aromatic heterocycles. The summed E-state index contributed by atoms with van der Waals surface area (Å²) < 4.78 is 39.5. The first-order chi connectivity index (χ1) is 15.7. The highest BCUT2D eigenvalue weighted by Crippen LogP contribution is 2.35. The van der Waals surface area contributed by atoms with E-state index in [1.165, 1.54) is 10.4 Å². The number of aliphatic hydroxyl groups excluding tert-OH is 1. The van der Waals surface area contributed by atoms with Crippen molar-refractivity contribution in [3.63, 3.8) is 0 Å². The molecule has 0 radical (unpaired) electrons. The molecule has 1 saturated carbocycles. The Morgan fingerprint density at radius 3 is 2.76 bits per heavy atom. The number of methoxy groups -OCH3 is 1. The maximum atomic E-state index is 13.5. The van der Waals surface area contributed by atoms with E-state index in [1.54, 1.807) is 38.1 Å². The Kier molecular flexibility index (Phi) is 8.40. The number of carbonyl (C=O) groups excluding carboxylic acids is 1. The number of hydrogen-bond acceptors (Lipinski definition) is 6. The highest BCUT2D eigenvalue weighted by atomic mass is 32.2. The molecule has 1 heterocycles. The third-order valence-electron chi connectivity index (χ3n) is 6.16. The summed E-state index contributed by atoms with van der Waals surface area (Å²) in [5, 5.41) is 9.73. The van der Waals surface area contributed by atoms with E-state index >= 15 is 0 Å². The maximum absolute atomic E-state index is 13.5. The minimum atomic E-state index is -3.91. The van der Waals surface area contributed by atoms with Gasteiger partial charge in [0, 0.05) is 44.6 Å². The fraction of sp³-hybridized carbons (Fsp3) is 0.625. The van der Waals surface area contributed by atoms with Gasteiger partial charge in [-0.25, -0.2) is 8.42 Å². The molecule has 1 amide bonds. The molecule has 2 aliphatic rings. The molecule has 8 nitrogen and oxygen atoms in total. The first-order valence-corrected chi connectivity index (χ1v) is 12.8. The second-order valence-corrected chi connectivity index (χ2v) is 10.9. The first-order valence-electron chi connectivity index (χ1n) is 11.3. The monoisotopic (exact) mass is 478 g/mol. The summed E-state index contributed by atoms with van der Waals surface area (Å²) >= 11 is 0. The van der Waals surface area contributed by atoms with Crippen molar-refractivity contribution in [3.05, 3.63) is 23.8 Å². The van der Waals surface area contributed by atoms with Crippen LogP contribution in [0.2, 0.25) is 0 Å². The lowest BCUT2D eigenvalue weighted by atomic mass is 10.0. The van der Waals surface area contributed by atoms with Crippen molar-refractivity contribution in [1.82, 2.24) is 9.21 Å². The van der Waals surface area contributed by atoms with E-state index in [9.17, 15) is 18.3 Å². The lowest BCUT2D eigenvalue weighted by Crippen LogP contribution is -2.50. The van der Waals surface area contributed by atoms with Crippen LogP contribution < -0.4 is 4.74 Å². The molecule has 1 aliphatic carbocycles. The topological polar surface area (TPSA) is 96.4 Å². The second-order valence-electron chi connectivity index (χ2n) is 9.06. The molecule has 1 aliphatic heterocycles. The predicted octanol–water partition coefficient (Wildman–Crippen LogP) is 1.71. The summed E-state index contributed by atoms with van der Waals surface area (Å²) in [7, 11) is -0.597. The maximum Gasteiger partial charge on any atom is 0.247 e. The number of likely N-dealkylation sites (N-methyl/N-ethyl adjacent to an activating group) is 1. The largest absolute Gasteiger partial charge is 0.487 e. The molecular formula is C24H34N2O6S. The lowest BCUT2D eigenvalue weighted by molar-refractivity contribution is -0.131. The van der Waals surface area contributed by atoms with E-state index in [4.69, 9.17) is 9.47 Å². The van der Waals surface area contributed by atoms with Gasteiger partial charge in [0.25, 0.3) is 0 Å². The Bertz CT molecular complexity index is 1010. The molecule has 33 heavy (non-hydrogen) atoms. The zero-order chi connectivity index (χ0) is 24.2. The molecule has 0 saturated heterocycles. The minimum Gasteiger partial charge on any atom is -0.487 e. The van der Waals surface area contributed by atoms with Gasteiger partial charge in [-0.15, -0.1) is 0 Å². The van der Waals surface area contributed by atoms with Crippen LogP contribution in [0.5, 0.6) is 5.75 Å². The van der Waals surface area contributed by atoms with Crippen LogP contribution >= 0.6 is 0 Å². The summed E-state index contributed by atoms with van der Waals surface area (Å²) in [5.74, 6) is 6.35. The van der Waals surface area contributed by atoms with Crippen LogP contribution in [0.1, 0.15) is 38.7 Å². The Morgan fingerprint density at radius 2 is 2.12 bits per heavy atom. The second kappa shape index (κ2) is 10.9. The summed E-state index contributed by atoms with van der Waals surface area (Å²) in [6, 6.07) is 4.15. The van der Waals surface area contributed by atoms with Gasteiger partial charge < -0.3 is 19.5 Å². The smallest absolute Gasteiger partial charge is 0.247 e. The molecule has 1 N–H and O–H groups in total. The number of nitrogens with zero attached hydrogens (tertiary/aromatic N) is 2. The number of benzene rings is 1. The van der Waals surface area contributed by atoms with Gasteiger partial charge in [-0.2, -0.15) is 4.31 Å². The van der Waals surface area contributed by atoms with Gasteiger partial charge in [-0.3, -0.25) is 4.79 Å². The zero-order valence-electron chi connectivity index (χ0n) is 19.8. The van der Waals surface area contributed by atoms with Gasteiger partial charge >= 0.3 is 0 Å². The van der Waals surface area contributed by atoms with Crippen LogP contribution in [-0.2, 0) is 19.6 Å². The van der Waals surface area contributed by atoms with E-state index in [0.717, 1.165) is 12.8 Å².